The second kappa shape index (κ2) is 19.1. The molecule has 0 saturated carbocycles. The minimum Gasteiger partial charge on any atom is -0.496 e. The summed E-state index contributed by atoms with van der Waals surface area (Å²) in [5.41, 5.74) is 5.95. The molecule has 3 aromatic carbocycles. The fourth-order valence-corrected chi connectivity index (χ4v) is 9.81. The average Bonchev–Trinajstić information content (AvgIpc) is 3.08. The largest absolute Gasteiger partial charge is 0.496 e. The van der Waals surface area contributed by atoms with Crippen molar-refractivity contribution in [1.82, 2.24) is 0 Å². The standard InChI is InChI=1S/C44H62O2Si/c1-7-10-12-15-23-36-24-16-13-19-31-47(5,6)40-26-20-25-37(32-40)41-27-18-17-22-35(41)29-30-39-34-44(46-42(36)28-14-11-8-2)38(21-9-3)33-43(39)45-4/h9,17-18,20-22,25-27,29-30,32-34,36,42H,7-8,10-16,19,23-24,28,31H2,1-6H3/b21-9+,30-29?. The van der Waals surface area contributed by atoms with Crippen molar-refractivity contribution in [3.8, 4) is 22.6 Å². The van der Waals surface area contributed by atoms with Gasteiger partial charge in [0.2, 0.25) is 0 Å². The first-order chi connectivity index (χ1) is 22.9. The molecule has 0 saturated heterocycles. The van der Waals surface area contributed by atoms with E-state index >= 15 is 0 Å². The summed E-state index contributed by atoms with van der Waals surface area (Å²) in [4.78, 5) is 0. The molecule has 1 aliphatic rings. The van der Waals surface area contributed by atoms with Crippen molar-refractivity contribution in [3.63, 3.8) is 0 Å². The molecule has 0 aliphatic carbocycles. The molecule has 0 spiro atoms. The summed E-state index contributed by atoms with van der Waals surface area (Å²) in [6, 6.07) is 24.0. The molecule has 1 heterocycles. The van der Waals surface area contributed by atoms with Crippen molar-refractivity contribution in [1.29, 1.82) is 0 Å². The number of allylic oxidation sites excluding steroid dienone is 1. The van der Waals surface area contributed by atoms with Gasteiger partial charge in [-0.2, -0.15) is 0 Å². The Labute approximate surface area is 288 Å². The number of hydrogen-bond donors (Lipinski definition) is 0. The first-order valence-corrected chi connectivity index (χ1v) is 22.0. The first kappa shape index (κ1) is 36.8. The molecular formula is C44H62O2Si. The number of fused-ring (bicyclic) bond motifs is 6. The number of hydrogen-bond acceptors (Lipinski definition) is 2. The minimum atomic E-state index is -1.57. The molecule has 254 valence electrons. The number of methoxy groups -OCH3 is 1. The fraction of sp³-hybridized carbons (Fsp3) is 0.500. The molecule has 3 aromatic rings. The van der Waals surface area contributed by atoms with Crippen LogP contribution in [0.1, 0.15) is 121 Å². The van der Waals surface area contributed by atoms with Crippen molar-refractivity contribution in [2.24, 2.45) is 5.92 Å². The highest BCUT2D eigenvalue weighted by molar-refractivity contribution is 6.89. The Hall–Kier alpha value is -3.04. The van der Waals surface area contributed by atoms with Crippen LogP contribution in [-0.4, -0.2) is 21.3 Å². The summed E-state index contributed by atoms with van der Waals surface area (Å²) in [5, 5.41) is 1.57. The van der Waals surface area contributed by atoms with Gasteiger partial charge in [-0.05, 0) is 67.3 Å². The summed E-state index contributed by atoms with van der Waals surface area (Å²) < 4.78 is 13.2. The zero-order valence-corrected chi connectivity index (χ0v) is 31.5. The second-order valence-corrected chi connectivity index (χ2v) is 19.2. The maximum Gasteiger partial charge on any atom is 0.127 e. The van der Waals surface area contributed by atoms with Crippen LogP contribution in [0, 0.1) is 5.92 Å². The van der Waals surface area contributed by atoms with Gasteiger partial charge in [0.15, 0.2) is 0 Å². The van der Waals surface area contributed by atoms with Crippen LogP contribution in [0.5, 0.6) is 11.5 Å². The Morgan fingerprint density at radius 1 is 0.809 bits per heavy atom. The Morgan fingerprint density at radius 3 is 2.36 bits per heavy atom. The maximum absolute atomic E-state index is 7.22. The number of unbranched alkanes of at least 4 members (excludes halogenated alkanes) is 5. The van der Waals surface area contributed by atoms with Gasteiger partial charge in [-0.15, -0.1) is 0 Å². The van der Waals surface area contributed by atoms with Crippen LogP contribution in [0.3, 0.4) is 0 Å². The highest BCUT2D eigenvalue weighted by atomic mass is 28.3. The molecular weight excluding hydrogens is 589 g/mol. The van der Waals surface area contributed by atoms with Crippen molar-refractivity contribution >= 4 is 31.5 Å². The normalized spacial score (nSPS) is 18.5. The maximum atomic E-state index is 7.22. The van der Waals surface area contributed by atoms with Gasteiger partial charge in [0.05, 0.1) is 15.2 Å². The highest BCUT2D eigenvalue weighted by Crippen LogP contribution is 2.36. The third kappa shape index (κ3) is 10.7. The Bertz CT molecular complexity index is 1430. The van der Waals surface area contributed by atoms with E-state index in [-0.39, 0.29) is 6.10 Å². The molecule has 0 aromatic heterocycles. The van der Waals surface area contributed by atoms with Gasteiger partial charge in [-0.25, -0.2) is 0 Å². The third-order valence-corrected chi connectivity index (χ3v) is 13.7. The molecule has 2 nitrogen and oxygen atoms in total. The minimum absolute atomic E-state index is 0.229. The predicted octanol–water partition coefficient (Wildman–Crippen LogP) is 13.0. The van der Waals surface area contributed by atoms with Crippen LogP contribution in [0.25, 0.3) is 29.4 Å². The van der Waals surface area contributed by atoms with Crippen molar-refractivity contribution < 1.29 is 9.47 Å². The molecule has 4 bridgehead atoms. The summed E-state index contributed by atoms with van der Waals surface area (Å²) in [6.07, 6.45) is 25.5. The lowest BCUT2D eigenvalue weighted by Gasteiger charge is -2.30. The topological polar surface area (TPSA) is 18.5 Å². The molecule has 0 N–H and O–H groups in total. The summed E-state index contributed by atoms with van der Waals surface area (Å²) >= 11 is 0. The SMILES string of the molecule is C/C=C/c1cc(OC)c2cc1OC(CCCCC)C(CCCCCC)CCCCC[Si](C)(C)c1cccc(c1)-c1ccccc1C=C2. The van der Waals surface area contributed by atoms with E-state index in [0.717, 1.165) is 29.0 Å². The lowest BCUT2D eigenvalue weighted by atomic mass is 9.87. The molecule has 3 heteroatoms. The Morgan fingerprint density at radius 2 is 1.57 bits per heavy atom. The van der Waals surface area contributed by atoms with Crippen LogP contribution >= 0.6 is 0 Å². The van der Waals surface area contributed by atoms with Gasteiger partial charge < -0.3 is 9.47 Å². The monoisotopic (exact) mass is 650 g/mol. The van der Waals surface area contributed by atoms with E-state index in [2.05, 4.69) is 119 Å². The average molecular weight is 651 g/mol. The van der Waals surface area contributed by atoms with Gasteiger partial charge in [0.25, 0.3) is 0 Å². The fourth-order valence-electron chi connectivity index (χ4n) is 7.30. The second-order valence-electron chi connectivity index (χ2n) is 14.4. The molecule has 0 radical (unpaired) electrons. The van der Waals surface area contributed by atoms with E-state index < -0.39 is 8.07 Å². The summed E-state index contributed by atoms with van der Waals surface area (Å²) in [7, 11) is 0.207. The van der Waals surface area contributed by atoms with Crippen LogP contribution in [-0.2, 0) is 0 Å². The lowest BCUT2D eigenvalue weighted by molar-refractivity contribution is 0.106. The van der Waals surface area contributed by atoms with E-state index in [1.165, 1.54) is 99.8 Å². The van der Waals surface area contributed by atoms with E-state index in [9.17, 15) is 0 Å². The van der Waals surface area contributed by atoms with E-state index in [1.807, 2.05) is 0 Å². The quantitative estimate of drug-likeness (QED) is 0.152. The Balaban J connectivity index is 1.81. The zero-order chi connectivity index (χ0) is 33.5. The lowest BCUT2D eigenvalue weighted by Crippen LogP contribution is -2.41. The van der Waals surface area contributed by atoms with Gasteiger partial charge in [0.1, 0.15) is 17.6 Å². The highest BCUT2D eigenvalue weighted by Gasteiger charge is 2.26. The third-order valence-electron chi connectivity index (χ3n) is 10.3. The zero-order valence-electron chi connectivity index (χ0n) is 30.5. The predicted molar refractivity (Wildman–Crippen MR) is 210 cm³/mol. The molecule has 4 rings (SSSR count). The summed E-state index contributed by atoms with van der Waals surface area (Å²) in [6.45, 7) is 11.8. The van der Waals surface area contributed by atoms with Crippen molar-refractivity contribution in [3.05, 3.63) is 83.4 Å². The number of rotatable bonds is 11. The van der Waals surface area contributed by atoms with Crippen LogP contribution in [0.15, 0.2) is 66.7 Å². The number of benzene rings is 3. The molecule has 47 heavy (non-hydrogen) atoms. The molecule has 2 atom stereocenters. The van der Waals surface area contributed by atoms with Gasteiger partial charge in [-0.1, -0.05) is 169 Å². The first-order valence-electron chi connectivity index (χ1n) is 18.8. The van der Waals surface area contributed by atoms with Crippen molar-refractivity contribution in [2.45, 2.75) is 129 Å². The van der Waals surface area contributed by atoms with E-state index in [4.69, 9.17) is 9.47 Å². The van der Waals surface area contributed by atoms with Crippen LogP contribution in [0.4, 0.5) is 0 Å². The van der Waals surface area contributed by atoms with Crippen molar-refractivity contribution in [2.75, 3.05) is 7.11 Å². The summed E-state index contributed by atoms with van der Waals surface area (Å²) in [5.74, 6) is 2.44. The van der Waals surface area contributed by atoms with Gasteiger partial charge in [-0.3, -0.25) is 0 Å². The molecule has 0 amide bonds. The van der Waals surface area contributed by atoms with E-state index in [1.54, 1.807) is 12.3 Å². The van der Waals surface area contributed by atoms with E-state index in [0.29, 0.717) is 5.92 Å². The smallest absolute Gasteiger partial charge is 0.127 e. The van der Waals surface area contributed by atoms with Crippen LogP contribution < -0.4 is 14.7 Å². The number of ether oxygens (including phenoxy) is 2. The molecule has 1 aliphatic heterocycles. The van der Waals surface area contributed by atoms with Gasteiger partial charge in [0, 0.05) is 11.1 Å². The molecule has 2 unspecified atom stereocenters. The Kier molecular flexibility index (Phi) is 14.9. The molecule has 0 fully saturated rings. The van der Waals surface area contributed by atoms with Crippen LogP contribution in [0.2, 0.25) is 19.1 Å². The van der Waals surface area contributed by atoms with Gasteiger partial charge >= 0.3 is 0 Å².